The number of carboxylic acids is 1. The van der Waals surface area contributed by atoms with E-state index < -0.39 is 5.97 Å². The Balaban J connectivity index is 2.03. The number of thioether (sulfide) groups is 1. The molecular weight excluding hydrogens is 372 g/mol. The summed E-state index contributed by atoms with van der Waals surface area (Å²) in [5.41, 5.74) is 2.36. The predicted octanol–water partition coefficient (Wildman–Crippen LogP) is 5.34. The second kappa shape index (κ2) is 8.24. The highest BCUT2D eigenvalue weighted by atomic mass is 32.2. The molecule has 5 nitrogen and oxygen atoms in total. The third-order valence-corrected chi connectivity index (χ3v) is 5.38. The minimum Gasteiger partial charge on any atom is -0.477 e. The lowest BCUT2D eigenvalue weighted by Gasteiger charge is -2.10. The highest BCUT2D eigenvalue weighted by Gasteiger charge is 2.25. The number of rotatable bonds is 6. The summed E-state index contributed by atoms with van der Waals surface area (Å²) in [6.07, 6.45) is 2.56. The van der Waals surface area contributed by atoms with Crippen LogP contribution in [0.5, 0.6) is 11.5 Å². The zero-order valence-corrected chi connectivity index (χ0v) is 16.7. The molecule has 0 fully saturated rings. The lowest BCUT2D eigenvalue weighted by atomic mass is 10.00. The van der Waals surface area contributed by atoms with Crippen molar-refractivity contribution in [1.82, 2.24) is 4.57 Å². The van der Waals surface area contributed by atoms with Gasteiger partial charge in [-0.1, -0.05) is 31.2 Å². The van der Waals surface area contributed by atoms with E-state index in [2.05, 4.69) is 6.07 Å². The number of para-hydroxylation sites is 1. The van der Waals surface area contributed by atoms with Crippen molar-refractivity contribution in [2.75, 3.05) is 6.26 Å². The van der Waals surface area contributed by atoms with E-state index in [-0.39, 0.29) is 5.69 Å². The summed E-state index contributed by atoms with van der Waals surface area (Å²) in [5, 5.41) is 19.3. The Kier molecular flexibility index (Phi) is 5.76. The minimum atomic E-state index is -1.05. The van der Waals surface area contributed by atoms with Gasteiger partial charge in [0, 0.05) is 23.2 Å². The molecule has 1 N–H and O–H groups in total. The molecule has 0 radical (unpaired) electrons. The fourth-order valence-corrected chi connectivity index (χ4v) is 3.84. The molecule has 0 amide bonds. The molecule has 0 spiro atoms. The van der Waals surface area contributed by atoms with E-state index in [4.69, 9.17) is 4.74 Å². The van der Waals surface area contributed by atoms with Crippen molar-refractivity contribution in [3.05, 3.63) is 65.5 Å². The molecule has 142 valence electrons. The van der Waals surface area contributed by atoms with Gasteiger partial charge in [-0.25, -0.2) is 4.79 Å². The smallest absolute Gasteiger partial charge is 0.353 e. The zero-order chi connectivity index (χ0) is 20.3. The third-order valence-electron chi connectivity index (χ3n) is 4.60. The van der Waals surface area contributed by atoms with Gasteiger partial charge in [0.1, 0.15) is 23.3 Å². The Labute approximate surface area is 168 Å². The monoisotopic (exact) mass is 392 g/mol. The van der Waals surface area contributed by atoms with Crippen molar-refractivity contribution < 1.29 is 14.6 Å². The molecule has 0 unspecified atom stereocenters. The Morgan fingerprint density at radius 1 is 1.21 bits per heavy atom. The van der Waals surface area contributed by atoms with Crippen LogP contribution in [0.15, 0.2) is 53.4 Å². The van der Waals surface area contributed by atoms with Gasteiger partial charge in [0.2, 0.25) is 0 Å². The molecule has 2 aromatic carbocycles. The summed E-state index contributed by atoms with van der Waals surface area (Å²) in [4.78, 5) is 12.9. The van der Waals surface area contributed by atoms with E-state index in [1.807, 2.05) is 37.4 Å². The standard InChI is InChI=1S/C22H20N2O3S/c1-4-17-16(13-23)20(21(22(25)26)24(17)2)14-9-11-15(12-10-14)27-18-7-5-6-8-19(18)28-3/h5-12H,4H2,1-3H3,(H,25,26). The van der Waals surface area contributed by atoms with Gasteiger partial charge in [-0.05, 0) is 42.5 Å². The van der Waals surface area contributed by atoms with Crippen molar-refractivity contribution in [1.29, 1.82) is 5.26 Å². The van der Waals surface area contributed by atoms with Crippen molar-refractivity contribution in [3.63, 3.8) is 0 Å². The number of aromatic carboxylic acids is 1. The Morgan fingerprint density at radius 3 is 2.46 bits per heavy atom. The largest absolute Gasteiger partial charge is 0.477 e. The molecule has 0 aliphatic heterocycles. The van der Waals surface area contributed by atoms with E-state index in [0.717, 1.165) is 10.6 Å². The summed E-state index contributed by atoms with van der Waals surface area (Å²) in [6.45, 7) is 1.91. The lowest BCUT2D eigenvalue weighted by Crippen LogP contribution is -2.07. The van der Waals surface area contributed by atoms with Crippen LogP contribution in [0.2, 0.25) is 0 Å². The van der Waals surface area contributed by atoms with E-state index in [1.54, 1.807) is 47.6 Å². The average molecular weight is 392 g/mol. The first-order valence-electron chi connectivity index (χ1n) is 8.78. The first-order chi connectivity index (χ1) is 13.5. The number of benzene rings is 2. The van der Waals surface area contributed by atoms with Gasteiger partial charge in [-0.2, -0.15) is 5.26 Å². The number of nitriles is 1. The van der Waals surface area contributed by atoms with Crippen molar-refractivity contribution in [2.45, 2.75) is 18.2 Å². The summed E-state index contributed by atoms with van der Waals surface area (Å²) in [6, 6.07) is 17.1. The molecule has 3 aromatic rings. The Morgan fingerprint density at radius 2 is 1.89 bits per heavy atom. The van der Waals surface area contributed by atoms with Gasteiger partial charge in [0.15, 0.2) is 0 Å². The van der Waals surface area contributed by atoms with Gasteiger partial charge in [0.25, 0.3) is 0 Å². The van der Waals surface area contributed by atoms with Crippen LogP contribution >= 0.6 is 11.8 Å². The molecule has 6 heteroatoms. The molecular formula is C22H20N2O3S. The lowest BCUT2D eigenvalue weighted by molar-refractivity contribution is 0.0687. The summed E-state index contributed by atoms with van der Waals surface area (Å²) in [5.74, 6) is 0.356. The number of hydrogen-bond acceptors (Lipinski definition) is 4. The highest BCUT2D eigenvalue weighted by Crippen LogP contribution is 2.35. The molecule has 0 atom stereocenters. The molecule has 1 heterocycles. The summed E-state index contributed by atoms with van der Waals surface area (Å²) in [7, 11) is 1.68. The predicted molar refractivity (Wildman–Crippen MR) is 110 cm³/mol. The topological polar surface area (TPSA) is 75.2 Å². The second-order valence-electron chi connectivity index (χ2n) is 6.15. The summed E-state index contributed by atoms with van der Waals surface area (Å²) >= 11 is 1.60. The molecule has 0 saturated carbocycles. The van der Waals surface area contributed by atoms with Crippen molar-refractivity contribution in [3.8, 4) is 28.7 Å². The third kappa shape index (κ3) is 3.49. The van der Waals surface area contributed by atoms with Crippen LogP contribution in [0.3, 0.4) is 0 Å². The minimum absolute atomic E-state index is 0.120. The Hall–Kier alpha value is -3.17. The first kappa shape index (κ1) is 19.6. The maximum absolute atomic E-state index is 11.8. The van der Waals surface area contributed by atoms with E-state index in [0.29, 0.717) is 34.6 Å². The molecule has 0 aliphatic rings. The van der Waals surface area contributed by atoms with Gasteiger partial charge >= 0.3 is 5.97 Å². The van der Waals surface area contributed by atoms with Gasteiger partial charge in [-0.3, -0.25) is 0 Å². The van der Waals surface area contributed by atoms with Gasteiger partial charge in [-0.15, -0.1) is 11.8 Å². The number of carbonyl (C=O) groups is 1. The van der Waals surface area contributed by atoms with Crippen LogP contribution in [-0.4, -0.2) is 21.9 Å². The molecule has 0 aliphatic carbocycles. The quantitative estimate of drug-likeness (QED) is 0.573. The SMILES string of the molecule is CCc1c(C#N)c(-c2ccc(Oc3ccccc3SC)cc2)c(C(=O)O)n1C. The van der Waals surface area contributed by atoms with Crippen molar-refractivity contribution >= 4 is 17.7 Å². The van der Waals surface area contributed by atoms with Crippen LogP contribution in [0.25, 0.3) is 11.1 Å². The van der Waals surface area contributed by atoms with E-state index >= 15 is 0 Å². The zero-order valence-electron chi connectivity index (χ0n) is 15.9. The normalized spacial score (nSPS) is 10.5. The van der Waals surface area contributed by atoms with E-state index in [1.165, 1.54) is 0 Å². The van der Waals surface area contributed by atoms with E-state index in [9.17, 15) is 15.2 Å². The molecule has 0 bridgehead atoms. The maximum Gasteiger partial charge on any atom is 0.353 e. The summed E-state index contributed by atoms with van der Waals surface area (Å²) < 4.78 is 7.56. The number of aromatic nitrogens is 1. The van der Waals surface area contributed by atoms with Crippen LogP contribution in [0.4, 0.5) is 0 Å². The Bertz CT molecular complexity index is 1060. The number of nitrogens with zero attached hydrogens (tertiary/aromatic N) is 2. The maximum atomic E-state index is 11.8. The van der Waals surface area contributed by atoms with Crippen LogP contribution in [-0.2, 0) is 13.5 Å². The number of hydrogen-bond donors (Lipinski definition) is 1. The second-order valence-corrected chi connectivity index (χ2v) is 7.00. The number of ether oxygens (including phenoxy) is 1. The molecule has 0 saturated heterocycles. The fourth-order valence-electron chi connectivity index (χ4n) is 3.32. The average Bonchev–Trinajstić information content (AvgIpc) is 3.00. The fraction of sp³-hybridized carbons (Fsp3) is 0.182. The van der Waals surface area contributed by atoms with Crippen molar-refractivity contribution in [2.24, 2.45) is 7.05 Å². The first-order valence-corrected chi connectivity index (χ1v) is 10.0. The van der Waals surface area contributed by atoms with Crippen LogP contribution < -0.4 is 4.74 Å². The molecule has 3 rings (SSSR count). The number of carboxylic acid groups (broad SMARTS) is 1. The van der Waals surface area contributed by atoms with Gasteiger partial charge in [0.05, 0.1) is 5.56 Å². The molecule has 28 heavy (non-hydrogen) atoms. The van der Waals surface area contributed by atoms with Gasteiger partial charge < -0.3 is 14.4 Å². The molecule has 1 aromatic heterocycles. The van der Waals surface area contributed by atoms with Crippen LogP contribution in [0.1, 0.15) is 28.7 Å². The highest BCUT2D eigenvalue weighted by molar-refractivity contribution is 7.98. The van der Waals surface area contributed by atoms with Crippen LogP contribution in [0, 0.1) is 11.3 Å².